The van der Waals surface area contributed by atoms with Crippen LogP contribution in [-0.4, -0.2) is 14.1 Å². The standard InChI is InChI=1S/C10H11.2C4H9.Al/c1-2-3-7-10-8-5-4-6-9-10;2*1-4(2)3;/h1-2,4-6,8-9H,3,7H2;2*4H,1H2,2-3H3;. The fourth-order valence-electron chi connectivity index (χ4n) is 2.65. The van der Waals surface area contributed by atoms with Crippen molar-refractivity contribution >= 4 is 14.1 Å². The second kappa shape index (κ2) is 9.40. The molecule has 0 aliphatic heterocycles. The third kappa shape index (κ3) is 8.30. The number of rotatable bonds is 8. The van der Waals surface area contributed by atoms with Crippen LogP contribution < -0.4 is 0 Å². The predicted octanol–water partition coefficient (Wildman–Crippen LogP) is 5.52. The van der Waals surface area contributed by atoms with Gasteiger partial charge in [-0.05, 0) is 18.4 Å². The highest BCUT2D eigenvalue weighted by molar-refractivity contribution is 6.64. The van der Waals surface area contributed by atoms with Gasteiger partial charge in [-0.25, -0.2) is 0 Å². The Hall–Kier alpha value is -0.508. The maximum atomic E-state index is 2.60. The summed E-state index contributed by atoms with van der Waals surface area (Å²) in [5.41, 5.74) is 1.46. The summed E-state index contributed by atoms with van der Waals surface area (Å²) in [6.45, 7) is 9.44. The molecule has 0 N–H and O–H groups in total. The number of hydrogen-bond donors (Lipinski definition) is 0. The van der Waals surface area contributed by atoms with Crippen molar-refractivity contribution in [2.24, 2.45) is 11.8 Å². The van der Waals surface area contributed by atoms with Gasteiger partial charge in [-0.3, -0.25) is 0 Å². The number of aryl methyl sites for hydroxylation is 1. The highest BCUT2D eigenvalue weighted by atomic mass is 27.2. The van der Waals surface area contributed by atoms with Crippen molar-refractivity contribution in [3.63, 3.8) is 0 Å². The van der Waals surface area contributed by atoms with E-state index in [9.17, 15) is 0 Å². The maximum Gasteiger partial charge on any atom is 0.294 e. The lowest BCUT2D eigenvalue weighted by Gasteiger charge is -2.12. The van der Waals surface area contributed by atoms with Crippen molar-refractivity contribution in [1.82, 2.24) is 0 Å². The molecule has 0 unspecified atom stereocenters. The molecular weight excluding hydrogens is 243 g/mol. The summed E-state index contributed by atoms with van der Waals surface area (Å²) in [6.07, 6.45) is 4.83. The monoisotopic (exact) mass is 272 g/mol. The Kier molecular flexibility index (Phi) is 8.19. The van der Waals surface area contributed by atoms with Gasteiger partial charge in [0.1, 0.15) is 0 Å². The molecule has 0 aromatic heterocycles. The van der Waals surface area contributed by atoms with Crippen LogP contribution in [0.25, 0.3) is 0 Å². The van der Waals surface area contributed by atoms with Gasteiger partial charge in [-0.15, -0.1) is 11.0 Å². The minimum Gasteiger partial charge on any atom is -0.148 e. The third-order valence-corrected chi connectivity index (χ3v) is 7.31. The molecule has 104 valence electrons. The molecule has 0 bridgehead atoms. The Labute approximate surface area is 124 Å². The van der Waals surface area contributed by atoms with Crippen LogP contribution in [0.3, 0.4) is 0 Å². The van der Waals surface area contributed by atoms with Gasteiger partial charge in [0.05, 0.1) is 0 Å². The van der Waals surface area contributed by atoms with E-state index in [0.29, 0.717) is 0 Å². The molecule has 0 fully saturated rings. The van der Waals surface area contributed by atoms with E-state index in [2.05, 4.69) is 69.0 Å². The Morgan fingerprint density at radius 1 is 0.947 bits per heavy atom. The zero-order valence-electron chi connectivity index (χ0n) is 13.1. The summed E-state index contributed by atoms with van der Waals surface area (Å²) in [6, 6.07) is 10.8. The molecule has 1 rings (SSSR count). The lowest BCUT2D eigenvalue weighted by atomic mass is 10.1. The Morgan fingerprint density at radius 3 is 2.05 bits per heavy atom. The van der Waals surface area contributed by atoms with Gasteiger partial charge in [0.2, 0.25) is 0 Å². The van der Waals surface area contributed by atoms with E-state index in [0.717, 1.165) is 11.8 Å². The summed E-state index contributed by atoms with van der Waals surface area (Å²) in [4.78, 5) is 2.60. The molecule has 0 amide bonds. The molecule has 19 heavy (non-hydrogen) atoms. The molecule has 0 heterocycles. The molecular formula is C18H29Al. The maximum absolute atomic E-state index is 2.60. The van der Waals surface area contributed by atoms with Gasteiger partial charge < -0.3 is 0 Å². The summed E-state index contributed by atoms with van der Waals surface area (Å²) < 4.78 is 0. The quantitative estimate of drug-likeness (QED) is 0.546. The summed E-state index contributed by atoms with van der Waals surface area (Å²) in [5, 5.41) is 2.92. The fourth-order valence-corrected chi connectivity index (χ4v) is 6.15. The minimum atomic E-state index is -0.656. The molecule has 0 spiro atoms. The van der Waals surface area contributed by atoms with Crippen molar-refractivity contribution in [3.8, 4) is 0 Å². The topological polar surface area (TPSA) is 0 Å². The number of hydrogen-bond acceptors (Lipinski definition) is 0. The van der Waals surface area contributed by atoms with Crippen molar-refractivity contribution < 1.29 is 0 Å². The fraction of sp³-hybridized carbons (Fsp3) is 0.556. The molecule has 1 aromatic carbocycles. The van der Waals surface area contributed by atoms with E-state index >= 15 is 0 Å². The first kappa shape index (κ1) is 16.5. The largest absolute Gasteiger partial charge is 0.294 e. The number of allylic oxidation sites excluding steroid dienone is 1. The van der Waals surface area contributed by atoms with Crippen LogP contribution in [-0.2, 0) is 6.42 Å². The summed E-state index contributed by atoms with van der Waals surface area (Å²) in [7, 11) is 0. The van der Waals surface area contributed by atoms with E-state index in [1.807, 2.05) is 0 Å². The molecule has 0 nitrogen and oxygen atoms in total. The molecule has 1 heteroatoms. The first-order valence-corrected chi connectivity index (χ1v) is 10.1. The van der Waals surface area contributed by atoms with Crippen molar-refractivity contribution in [2.45, 2.75) is 51.1 Å². The lowest BCUT2D eigenvalue weighted by Crippen LogP contribution is -2.15. The average molecular weight is 272 g/mol. The summed E-state index contributed by atoms with van der Waals surface area (Å²) in [5.74, 6) is 1.71. The highest BCUT2D eigenvalue weighted by Crippen LogP contribution is 2.16. The predicted molar refractivity (Wildman–Crippen MR) is 88.9 cm³/mol. The zero-order chi connectivity index (χ0) is 14.1. The van der Waals surface area contributed by atoms with Crippen LogP contribution in [0.1, 0.15) is 39.7 Å². The molecule has 0 atom stereocenters. The molecule has 0 aliphatic carbocycles. The first-order valence-electron chi connectivity index (χ1n) is 7.78. The zero-order valence-corrected chi connectivity index (χ0v) is 14.3. The third-order valence-electron chi connectivity index (χ3n) is 3.40. The normalized spacial score (nSPS) is 11.7. The van der Waals surface area contributed by atoms with Crippen molar-refractivity contribution in [2.75, 3.05) is 0 Å². The first-order chi connectivity index (χ1) is 9.08. The molecule has 1 aromatic rings. The van der Waals surface area contributed by atoms with E-state index < -0.39 is 14.1 Å². The number of benzene rings is 1. The van der Waals surface area contributed by atoms with Crippen LogP contribution in [0.4, 0.5) is 0 Å². The summed E-state index contributed by atoms with van der Waals surface area (Å²) >= 11 is -0.656. The van der Waals surface area contributed by atoms with Gasteiger partial charge in [0.25, 0.3) is 14.1 Å². The Morgan fingerprint density at radius 2 is 1.53 bits per heavy atom. The van der Waals surface area contributed by atoms with Crippen LogP contribution in [0, 0.1) is 11.8 Å². The van der Waals surface area contributed by atoms with Gasteiger partial charge in [0, 0.05) is 0 Å². The molecule has 0 saturated heterocycles. The van der Waals surface area contributed by atoms with Crippen LogP contribution in [0.15, 0.2) is 41.3 Å². The van der Waals surface area contributed by atoms with Gasteiger partial charge >= 0.3 is 0 Å². The van der Waals surface area contributed by atoms with Crippen LogP contribution in [0.5, 0.6) is 0 Å². The van der Waals surface area contributed by atoms with E-state index in [4.69, 9.17) is 0 Å². The Balaban J connectivity index is 2.38. The molecule has 0 aliphatic rings. The Bertz CT molecular complexity index is 341. The van der Waals surface area contributed by atoms with E-state index in [1.54, 1.807) is 0 Å². The second-order valence-corrected chi connectivity index (χ2v) is 9.32. The van der Waals surface area contributed by atoms with Gasteiger partial charge in [-0.1, -0.05) is 80.4 Å². The molecule has 0 radical (unpaired) electrons. The smallest absolute Gasteiger partial charge is 0.148 e. The average Bonchev–Trinajstić information content (AvgIpc) is 2.34. The van der Waals surface area contributed by atoms with Crippen molar-refractivity contribution in [1.29, 1.82) is 0 Å². The van der Waals surface area contributed by atoms with Gasteiger partial charge in [-0.2, -0.15) is 0 Å². The minimum absolute atomic E-state index is 0.656. The SMILES string of the molecule is CC(C)[CH2][Al](/[CH]=C/CCc1ccccc1)[CH2]C(C)C. The van der Waals surface area contributed by atoms with E-state index in [-0.39, 0.29) is 0 Å². The van der Waals surface area contributed by atoms with Crippen LogP contribution in [0.2, 0.25) is 10.6 Å². The van der Waals surface area contributed by atoms with Crippen LogP contribution >= 0.6 is 0 Å². The van der Waals surface area contributed by atoms with Gasteiger partial charge in [0.15, 0.2) is 0 Å². The van der Waals surface area contributed by atoms with Crippen molar-refractivity contribution in [3.05, 3.63) is 46.9 Å². The van der Waals surface area contributed by atoms with E-state index in [1.165, 1.54) is 29.0 Å². The molecule has 0 saturated carbocycles. The second-order valence-electron chi connectivity index (χ2n) is 6.47. The lowest BCUT2D eigenvalue weighted by molar-refractivity contribution is 0.694. The highest BCUT2D eigenvalue weighted by Gasteiger charge is 2.16.